The molecule has 0 heterocycles. The zero-order chi connectivity index (χ0) is 11.4. The Morgan fingerprint density at radius 3 is 2.60 bits per heavy atom. The molecule has 0 aliphatic carbocycles. The van der Waals surface area contributed by atoms with Gasteiger partial charge < -0.3 is 20.6 Å². The maximum Gasteiger partial charge on any atom is 0.163 e. The van der Waals surface area contributed by atoms with E-state index in [1.807, 2.05) is 0 Å². The number of ketones is 1. The summed E-state index contributed by atoms with van der Waals surface area (Å²) in [5.41, 5.74) is 0.199. The van der Waals surface area contributed by atoms with Gasteiger partial charge in [0, 0.05) is 6.54 Å². The van der Waals surface area contributed by atoms with Gasteiger partial charge in [0.15, 0.2) is 11.5 Å². The number of aromatic hydroxyl groups is 2. The molecule has 4 N–H and O–H groups in total. The number of aliphatic hydroxyl groups excluding tert-OH is 1. The minimum atomic E-state index is -0.295. The van der Waals surface area contributed by atoms with E-state index in [0.29, 0.717) is 0 Å². The lowest BCUT2D eigenvalue weighted by atomic mass is 10.1. The van der Waals surface area contributed by atoms with Gasteiger partial charge in [0.25, 0.3) is 0 Å². The molecule has 1 aromatic carbocycles. The highest BCUT2D eigenvalue weighted by atomic mass is 16.3. The second-order valence-corrected chi connectivity index (χ2v) is 3.06. The number of phenols is 2. The van der Waals surface area contributed by atoms with E-state index in [9.17, 15) is 15.0 Å². The third-order valence-corrected chi connectivity index (χ3v) is 1.95. The van der Waals surface area contributed by atoms with Gasteiger partial charge in [0.1, 0.15) is 11.4 Å². The molecule has 15 heavy (non-hydrogen) atoms. The summed E-state index contributed by atoms with van der Waals surface area (Å²) in [7, 11) is 0. The molecule has 0 radical (unpaired) electrons. The first-order valence-corrected chi connectivity index (χ1v) is 4.48. The molecule has 0 amide bonds. The molecule has 0 saturated heterocycles. The summed E-state index contributed by atoms with van der Waals surface area (Å²) in [6.07, 6.45) is 0. The van der Waals surface area contributed by atoms with E-state index in [1.165, 1.54) is 19.1 Å². The Morgan fingerprint density at radius 1 is 1.40 bits per heavy atom. The molecule has 0 aliphatic heterocycles. The Kier molecular flexibility index (Phi) is 3.51. The first-order chi connectivity index (χ1) is 7.07. The number of phenolic OH excluding ortho intramolecular Hbond substituents is 2. The average molecular weight is 211 g/mol. The number of aliphatic hydroxyl groups is 1. The molecule has 0 fully saturated rings. The molecular weight excluding hydrogens is 198 g/mol. The SMILES string of the molecule is CC(=O)c1ccc(O)c(NCCO)c1O. The molecule has 5 heteroatoms. The smallest absolute Gasteiger partial charge is 0.163 e. The van der Waals surface area contributed by atoms with Crippen LogP contribution >= 0.6 is 0 Å². The number of nitrogens with one attached hydrogen (secondary N) is 1. The highest BCUT2D eigenvalue weighted by Gasteiger charge is 2.14. The van der Waals surface area contributed by atoms with Gasteiger partial charge in [0.2, 0.25) is 0 Å². The molecule has 0 aliphatic rings. The number of carbonyl (C=O) groups is 1. The van der Waals surface area contributed by atoms with Crippen LogP contribution in [-0.4, -0.2) is 34.3 Å². The molecule has 82 valence electrons. The Labute approximate surface area is 87.0 Å². The second-order valence-electron chi connectivity index (χ2n) is 3.06. The Balaban J connectivity index is 3.12. The predicted octanol–water partition coefficient (Wildman–Crippen LogP) is 0.705. The van der Waals surface area contributed by atoms with Gasteiger partial charge in [-0.3, -0.25) is 4.79 Å². The largest absolute Gasteiger partial charge is 0.506 e. The summed E-state index contributed by atoms with van der Waals surface area (Å²) < 4.78 is 0. The van der Waals surface area contributed by atoms with Gasteiger partial charge in [-0.15, -0.1) is 0 Å². The van der Waals surface area contributed by atoms with Crippen molar-refractivity contribution >= 4 is 11.5 Å². The van der Waals surface area contributed by atoms with Crippen molar-refractivity contribution in [3.05, 3.63) is 17.7 Å². The van der Waals surface area contributed by atoms with Crippen molar-refractivity contribution in [2.75, 3.05) is 18.5 Å². The van der Waals surface area contributed by atoms with Crippen molar-refractivity contribution in [1.29, 1.82) is 0 Å². The third-order valence-electron chi connectivity index (χ3n) is 1.95. The topological polar surface area (TPSA) is 89.8 Å². The maximum absolute atomic E-state index is 11.1. The molecule has 1 aromatic rings. The zero-order valence-electron chi connectivity index (χ0n) is 8.32. The first-order valence-electron chi connectivity index (χ1n) is 4.48. The molecule has 0 aromatic heterocycles. The lowest BCUT2D eigenvalue weighted by Gasteiger charge is -2.11. The number of Topliss-reactive ketones (excluding diaryl/α,β-unsaturated/α-hetero) is 1. The van der Waals surface area contributed by atoms with Crippen LogP contribution in [0.5, 0.6) is 11.5 Å². The van der Waals surface area contributed by atoms with E-state index >= 15 is 0 Å². The Hall–Kier alpha value is -1.75. The standard InChI is InChI=1S/C10H13NO4/c1-6(13)7-2-3-8(14)9(10(7)15)11-4-5-12/h2-3,11-12,14-15H,4-5H2,1H3. The lowest BCUT2D eigenvalue weighted by Crippen LogP contribution is -2.07. The van der Waals surface area contributed by atoms with Crippen LogP contribution in [0.3, 0.4) is 0 Å². The summed E-state index contributed by atoms with van der Waals surface area (Å²) in [4.78, 5) is 11.1. The monoisotopic (exact) mass is 211 g/mol. The molecule has 0 saturated carbocycles. The minimum absolute atomic E-state index is 0.0664. The summed E-state index contributed by atoms with van der Waals surface area (Å²) in [5, 5.41) is 30.3. The average Bonchev–Trinajstić information content (AvgIpc) is 2.17. The molecule has 5 nitrogen and oxygen atoms in total. The van der Waals surface area contributed by atoms with Crippen molar-refractivity contribution in [3.63, 3.8) is 0 Å². The van der Waals surface area contributed by atoms with Crippen molar-refractivity contribution in [3.8, 4) is 11.5 Å². The van der Waals surface area contributed by atoms with Crippen molar-refractivity contribution in [2.24, 2.45) is 0 Å². The van der Waals surface area contributed by atoms with Crippen LogP contribution in [0, 0.1) is 0 Å². The molecule has 0 spiro atoms. The van der Waals surface area contributed by atoms with Gasteiger partial charge in [-0.05, 0) is 19.1 Å². The number of carbonyl (C=O) groups excluding carboxylic acids is 1. The molecule has 0 atom stereocenters. The van der Waals surface area contributed by atoms with E-state index in [0.717, 1.165) is 0 Å². The van der Waals surface area contributed by atoms with Crippen LogP contribution in [0.25, 0.3) is 0 Å². The molecule has 0 bridgehead atoms. The second kappa shape index (κ2) is 4.65. The molecule has 0 unspecified atom stereocenters. The van der Waals surface area contributed by atoms with Crippen LogP contribution < -0.4 is 5.32 Å². The fourth-order valence-corrected chi connectivity index (χ4v) is 1.22. The van der Waals surface area contributed by atoms with Crippen molar-refractivity contribution < 1.29 is 20.1 Å². The quantitative estimate of drug-likeness (QED) is 0.435. The van der Waals surface area contributed by atoms with Crippen LogP contribution in [0.1, 0.15) is 17.3 Å². The summed E-state index contributed by atoms with van der Waals surface area (Å²) >= 11 is 0. The van der Waals surface area contributed by atoms with Gasteiger partial charge in [-0.2, -0.15) is 0 Å². The number of anilines is 1. The normalized spacial score (nSPS) is 10.0. The van der Waals surface area contributed by atoms with Gasteiger partial charge in [0.05, 0.1) is 12.2 Å². The van der Waals surface area contributed by atoms with E-state index in [2.05, 4.69) is 5.32 Å². The van der Waals surface area contributed by atoms with Gasteiger partial charge >= 0.3 is 0 Å². The van der Waals surface area contributed by atoms with Crippen LogP contribution in [-0.2, 0) is 0 Å². The zero-order valence-corrected chi connectivity index (χ0v) is 8.32. The highest BCUT2D eigenvalue weighted by molar-refractivity contribution is 5.99. The fraction of sp³-hybridized carbons (Fsp3) is 0.300. The van der Waals surface area contributed by atoms with Crippen LogP contribution in [0.2, 0.25) is 0 Å². The Morgan fingerprint density at radius 2 is 2.07 bits per heavy atom. The van der Waals surface area contributed by atoms with Crippen molar-refractivity contribution in [2.45, 2.75) is 6.92 Å². The molecular formula is C10H13NO4. The summed E-state index contributed by atoms with van der Waals surface area (Å²) in [6, 6.07) is 2.66. The first kappa shape index (κ1) is 11.3. The Bertz CT molecular complexity index is 376. The van der Waals surface area contributed by atoms with E-state index in [1.54, 1.807) is 0 Å². The fourth-order valence-electron chi connectivity index (χ4n) is 1.22. The number of benzene rings is 1. The van der Waals surface area contributed by atoms with Crippen LogP contribution in [0.15, 0.2) is 12.1 Å². The predicted molar refractivity (Wildman–Crippen MR) is 55.4 cm³/mol. The van der Waals surface area contributed by atoms with E-state index in [4.69, 9.17) is 5.11 Å². The van der Waals surface area contributed by atoms with E-state index < -0.39 is 0 Å². The summed E-state index contributed by atoms with van der Waals surface area (Å²) in [6.45, 7) is 1.37. The highest BCUT2D eigenvalue weighted by Crippen LogP contribution is 2.35. The molecule has 1 rings (SSSR count). The van der Waals surface area contributed by atoms with E-state index in [-0.39, 0.29) is 41.7 Å². The van der Waals surface area contributed by atoms with Crippen LogP contribution in [0.4, 0.5) is 5.69 Å². The van der Waals surface area contributed by atoms with Gasteiger partial charge in [-0.25, -0.2) is 0 Å². The summed E-state index contributed by atoms with van der Waals surface area (Å²) in [5.74, 6) is -0.749. The van der Waals surface area contributed by atoms with Crippen molar-refractivity contribution in [1.82, 2.24) is 0 Å². The maximum atomic E-state index is 11.1. The number of hydrogen-bond donors (Lipinski definition) is 4. The third kappa shape index (κ3) is 2.38. The number of hydrogen-bond acceptors (Lipinski definition) is 5. The van der Waals surface area contributed by atoms with Gasteiger partial charge in [-0.1, -0.05) is 0 Å². The minimum Gasteiger partial charge on any atom is -0.506 e. The lowest BCUT2D eigenvalue weighted by molar-refractivity contribution is 0.101. The number of rotatable bonds is 4.